The summed E-state index contributed by atoms with van der Waals surface area (Å²) in [6.07, 6.45) is 1.09. The predicted molar refractivity (Wildman–Crippen MR) is 93.2 cm³/mol. The van der Waals surface area contributed by atoms with Crippen LogP contribution in [0, 0.1) is 13.8 Å². The number of nitrogens with one attached hydrogen (secondary N) is 1. The minimum atomic E-state index is -3.55. The van der Waals surface area contributed by atoms with Gasteiger partial charge in [0.15, 0.2) is 0 Å². The zero-order valence-corrected chi connectivity index (χ0v) is 14.2. The summed E-state index contributed by atoms with van der Waals surface area (Å²) in [6.45, 7) is 3.57. The maximum Gasteiger partial charge on any atom is 0.245 e. The third kappa shape index (κ3) is 4.82. The molecule has 0 heterocycles. The van der Waals surface area contributed by atoms with Crippen molar-refractivity contribution in [2.24, 2.45) is 0 Å². The van der Waals surface area contributed by atoms with Crippen LogP contribution in [0.5, 0.6) is 0 Å². The van der Waals surface area contributed by atoms with E-state index in [2.05, 4.69) is 5.32 Å². The third-order valence-corrected chi connectivity index (χ3v) is 4.45. The van der Waals surface area contributed by atoms with Crippen molar-refractivity contribution in [1.29, 1.82) is 0 Å². The zero-order chi connectivity index (χ0) is 17.0. The van der Waals surface area contributed by atoms with E-state index in [1.165, 1.54) is 0 Å². The lowest BCUT2D eigenvalue weighted by atomic mass is 10.2. The van der Waals surface area contributed by atoms with Crippen LogP contribution in [0.25, 0.3) is 0 Å². The summed E-state index contributed by atoms with van der Waals surface area (Å²) < 4.78 is 25.1. The number of rotatable bonds is 5. The number of sulfonamides is 1. The molecule has 0 spiro atoms. The average Bonchev–Trinajstić information content (AvgIpc) is 2.45. The molecular weight excluding hydrogens is 312 g/mol. The maximum absolute atomic E-state index is 12.2. The van der Waals surface area contributed by atoms with E-state index >= 15 is 0 Å². The van der Waals surface area contributed by atoms with Crippen LogP contribution in [0.1, 0.15) is 11.1 Å². The fraction of sp³-hybridized carbons (Fsp3) is 0.235. The van der Waals surface area contributed by atoms with E-state index in [0.717, 1.165) is 21.7 Å². The standard InChI is InChI=1S/C17H20N2O3S/c1-13-7-9-16(10-8-13)19(23(3,21)22)12-17(20)18-15-6-4-5-14(2)11-15/h4-11H,12H2,1-3H3,(H,18,20). The number of benzene rings is 2. The first-order valence-corrected chi connectivity index (χ1v) is 9.01. The lowest BCUT2D eigenvalue weighted by Crippen LogP contribution is -2.37. The van der Waals surface area contributed by atoms with Crippen LogP contribution in [0.2, 0.25) is 0 Å². The highest BCUT2D eigenvalue weighted by molar-refractivity contribution is 7.92. The molecule has 0 atom stereocenters. The van der Waals surface area contributed by atoms with E-state index in [-0.39, 0.29) is 12.5 Å². The third-order valence-electron chi connectivity index (χ3n) is 3.31. The van der Waals surface area contributed by atoms with Gasteiger partial charge >= 0.3 is 0 Å². The number of aryl methyl sites for hydroxylation is 2. The summed E-state index contributed by atoms with van der Waals surface area (Å²) in [4.78, 5) is 12.2. The van der Waals surface area contributed by atoms with Gasteiger partial charge in [-0.2, -0.15) is 0 Å². The Morgan fingerprint density at radius 3 is 2.26 bits per heavy atom. The molecule has 0 aliphatic heterocycles. The Labute approximate surface area is 137 Å². The molecule has 1 amide bonds. The van der Waals surface area contributed by atoms with Gasteiger partial charge in [-0.1, -0.05) is 29.8 Å². The van der Waals surface area contributed by atoms with Crippen molar-refractivity contribution in [2.75, 3.05) is 22.4 Å². The topological polar surface area (TPSA) is 66.5 Å². The molecule has 0 saturated carbocycles. The van der Waals surface area contributed by atoms with Crippen molar-refractivity contribution < 1.29 is 13.2 Å². The monoisotopic (exact) mass is 332 g/mol. The van der Waals surface area contributed by atoms with Crippen molar-refractivity contribution >= 4 is 27.3 Å². The number of hydrogen-bond acceptors (Lipinski definition) is 3. The Morgan fingerprint density at radius 2 is 1.70 bits per heavy atom. The van der Waals surface area contributed by atoms with Gasteiger partial charge in [-0.05, 0) is 43.7 Å². The second-order valence-electron chi connectivity index (χ2n) is 5.52. The largest absolute Gasteiger partial charge is 0.325 e. The first-order chi connectivity index (χ1) is 10.8. The molecule has 6 heteroatoms. The van der Waals surface area contributed by atoms with Gasteiger partial charge in [-0.15, -0.1) is 0 Å². The van der Waals surface area contributed by atoms with Crippen molar-refractivity contribution in [3.8, 4) is 0 Å². The van der Waals surface area contributed by atoms with Crippen molar-refractivity contribution in [3.05, 3.63) is 59.7 Å². The number of amides is 1. The van der Waals surface area contributed by atoms with Crippen LogP contribution < -0.4 is 9.62 Å². The smallest absolute Gasteiger partial charge is 0.245 e. The molecule has 0 aliphatic carbocycles. The van der Waals surface area contributed by atoms with Crippen LogP contribution in [-0.2, 0) is 14.8 Å². The number of hydrogen-bond donors (Lipinski definition) is 1. The van der Waals surface area contributed by atoms with Gasteiger partial charge in [-0.25, -0.2) is 8.42 Å². The molecule has 2 aromatic rings. The Balaban J connectivity index is 2.18. The summed E-state index contributed by atoms with van der Waals surface area (Å²) in [7, 11) is -3.55. The highest BCUT2D eigenvalue weighted by atomic mass is 32.2. The van der Waals surface area contributed by atoms with Crippen LogP contribution in [-0.4, -0.2) is 27.1 Å². The van der Waals surface area contributed by atoms with Crippen LogP contribution >= 0.6 is 0 Å². The van der Waals surface area contributed by atoms with Crippen LogP contribution in [0.3, 0.4) is 0 Å². The van der Waals surface area contributed by atoms with Gasteiger partial charge < -0.3 is 5.32 Å². The normalized spacial score (nSPS) is 11.1. The molecule has 122 valence electrons. The van der Waals surface area contributed by atoms with Gasteiger partial charge in [0.1, 0.15) is 6.54 Å². The molecular formula is C17H20N2O3S. The molecule has 0 aliphatic rings. The second-order valence-corrected chi connectivity index (χ2v) is 7.43. The molecule has 1 N–H and O–H groups in total. The molecule has 0 unspecified atom stereocenters. The van der Waals surface area contributed by atoms with E-state index in [4.69, 9.17) is 0 Å². The van der Waals surface area contributed by atoms with Gasteiger partial charge in [0.2, 0.25) is 15.9 Å². The predicted octanol–water partition coefficient (Wildman–Crippen LogP) is 2.71. The number of carbonyl (C=O) groups is 1. The van der Waals surface area contributed by atoms with Crippen molar-refractivity contribution in [1.82, 2.24) is 0 Å². The molecule has 2 aromatic carbocycles. The Bertz CT molecular complexity index is 799. The molecule has 0 saturated heterocycles. The highest BCUT2D eigenvalue weighted by Gasteiger charge is 2.20. The zero-order valence-electron chi connectivity index (χ0n) is 13.4. The number of carbonyl (C=O) groups excluding carboxylic acids is 1. The van der Waals surface area contributed by atoms with Gasteiger partial charge in [0.25, 0.3) is 0 Å². The van der Waals surface area contributed by atoms with E-state index < -0.39 is 10.0 Å². The molecule has 5 nitrogen and oxygen atoms in total. The van der Waals surface area contributed by atoms with Crippen LogP contribution in [0.15, 0.2) is 48.5 Å². The Kier molecular flexibility index (Phi) is 5.05. The minimum Gasteiger partial charge on any atom is -0.325 e. The number of nitrogens with zero attached hydrogens (tertiary/aromatic N) is 1. The van der Waals surface area contributed by atoms with Crippen LogP contribution in [0.4, 0.5) is 11.4 Å². The van der Waals surface area contributed by atoms with E-state index in [1.807, 2.05) is 44.2 Å². The number of anilines is 2. The molecule has 0 bridgehead atoms. The van der Waals surface area contributed by atoms with Gasteiger partial charge in [0.05, 0.1) is 11.9 Å². The SMILES string of the molecule is Cc1ccc(N(CC(=O)Nc2cccc(C)c2)S(C)(=O)=O)cc1. The quantitative estimate of drug-likeness (QED) is 0.915. The minimum absolute atomic E-state index is 0.268. The summed E-state index contributed by atoms with van der Waals surface area (Å²) in [6, 6.07) is 14.4. The lowest BCUT2D eigenvalue weighted by molar-refractivity contribution is -0.114. The van der Waals surface area contributed by atoms with E-state index in [9.17, 15) is 13.2 Å². The van der Waals surface area contributed by atoms with Gasteiger partial charge in [0, 0.05) is 5.69 Å². The average molecular weight is 332 g/mol. The second kappa shape index (κ2) is 6.83. The summed E-state index contributed by atoms with van der Waals surface area (Å²) in [5, 5.41) is 2.72. The molecule has 23 heavy (non-hydrogen) atoms. The molecule has 0 radical (unpaired) electrons. The summed E-state index contributed by atoms with van der Waals surface area (Å²) in [5.74, 6) is -0.387. The van der Waals surface area contributed by atoms with Crippen molar-refractivity contribution in [3.63, 3.8) is 0 Å². The van der Waals surface area contributed by atoms with E-state index in [0.29, 0.717) is 11.4 Å². The lowest BCUT2D eigenvalue weighted by Gasteiger charge is -2.22. The highest BCUT2D eigenvalue weighted by Crippen LogP contribution is 2.18. The first kappa shape index (κ1) is 17.0. The Morgan fingerprint density at radius 1 is 1.04 bits per heavy atom. The maximum atomic E-state index is 12.2. The summed E-state index contributed by atoms with van der Waals surface area (Å²) >= 11 is 0. The summed E-state index contributed by atoms with van der Waals surface area (Å²) in [5.41, 5.74) is 3.15. The first-order valence-electron chi connectivity index (χ1n) is 7.16. The molecule has 0 fully saturated rings. The molecule has 2 rings (SSSR count). The van der Waals surface area contributed by atoms with E-state index in [1.54, 1.807) is 18.2 Å². The molecule has 0 aromatic heterocycles. The fourth-order valence-corrected chi connectivity index (χ4v) is 3.02. The Hall–Kier alpha value is -2.34. The fourth-order valence-electron chi connectivity index (χ4n) is 2.16. The van der Waals surface area contributed by atoms with Gasteiger partial charge in [-0.3, -0.25) is 9.10 Å². The van der Waals surface area contributed by atoms with Crippen molar-refractivity contribution in [2.45, 2.75) is 13.8 Å².